The standard InChI is InChI=1S/C14H19ClN2O3/c1-2-10-8-16(6-5-14(10)18)9-11-3-4-12(15)7-13(11)17(19)20/h3-4,7,10,14,18H,2,5-6,8-9H2,1H3. The molecule has 1 N–H and O–H groups in total. The summed E-state index contributed by atoms with van der Waals surface area (Å²) in [5.41, 5.74) is 0.738. The van der Waals surface area contributed by atoms with Crippen LogP contribution in [0.2, 0.25) is 5.02 Å². The van der Waals surface area contributed by atoms with Crippen LogP contribution in [0.25, 0.3) is 0 Å². The van der Waals surface area contributed by atoms with Gasteiger partial charge in [-0.1, -0.05) is 18.5 Å². The first kappa shape index (κ1) is 15.2. The molecular weight excluding hydrogens is 280 g/mol. The zero-order valence-corrected chi connectivity index (χ0v) is 12.2. The lowest BCUT2D eigenvalue weighted by atomic mass is 9.92. The highest BCUT2D eigenvalue weighted by atomic mass is 35.5. The molecule has 1 aliphatic heterocycles. The van der Waals surface area contributed by atoms with E-state index in [0.717, 1.165) is 25.9 Å². The molecule has 110 valence electrons. The molecule has 1 heterocycles. The van der Waals surface area contributed by atoms with Crippen molar-refractivity contribution in [1.29, 1.82) is 0 Å². The number of hydrogen-bond donors (Lipinski definition) is 1. The number of aliphatic hydroxyl groups is 1. The first-order chi connectivity index (χ1) is 9.51. The van der Waals surface area contributed by atoms with Crippen LogP contribution in [0.15, 0.2) is 18.2 Å². The quantitative estimate of drug-likeness (QED) is 0.685. The largest absolute Gasteiger partial charge is 0.393 e. The summed E-state index contributed by atoms with van der Waals surface area (Å²) in [5.74, 6) is 0.245. The molecule has 1 saturated heterocycles. The first-order valence-corrected chi connectivity index (χ1v) is 7.22. The minimum Gasteiger partial charge on any atom is -0.393 e. The van der Waals surface area contributed by atoms with Crippen molar-refractivity contribution in [2.24, 2.45) is 5.92 Å². The molecule has 2 unspecified atom stereocenters. The van der Waals surface area contributed by atoms with Gasteiger partial charge in [0.05, 0.1) is 11.0 Å². The Morgan fingerprint density at radius 1 is 1.55 bits per heavy atom. The third kappa shape index (κ3) is 3.48. The average Bonchev–Trinajstić information content (AvgIpc) is 2.42. The second-order valence-corrected chi connectivity index (χ2v) is 5.73. The molecule has 2 rings (SSSR count). The third-order valence-corrected chi connectivity index (χ3v) is 4.18. The van der Waals surface area contributed by atoms with Crippen LogP contribution in [0.5, 0.6) is 0 Å². The van der Waals surface area contributed by atoms with Crippen LogP contribution in [-0.4, -0.2) is 34.1 Å². The van der Waals surface area contributed by atoms with Gasteiger partial charge in [0.15, 0.2) is 0 Å². The van der Waals surface area contributed by atoms with Gasteiger partial charge in [0, 0.05) is 36.3 Å². The summed E-state index contributed by atoms with van der Waals surface area (Å²) in [5, 5.41) is 21.3. The molecule has 0 aliphatic carbocycles. The Morgan fingerprint density at radius 3 is 2.95 bits per heavy atom. The van der Waals surface area contributed by atoms with Crippen LogP contribution >= 0.6 is 11.6 Å². The molecule has 20 heavy (non-hydrogen) atoms. The Bertz CT molecular complexity index is 495. The van der Waals surface area contributed by atoms with Crippen molar-refractivity contribution in [2.75, 3.05) is 13.1 Å². The van der Waals surface area contributed by atoms with E-state index in [2.05, 4.69) is 11.8 Å². The van der Waals surface area contributed by atoms with Crippen LogP contribution in [-0.2, 0) is 6.54 Å². The molecule has 1 aliphatic rings. The van der Waals surface area contributed by atoms with Crippen LogP contribution < -0.4 is 0 Å². The molecule has 0 spiro atoms. The van der Waals surface area contributed by atoms with E-state index >= 15 is 0 Å². The number of nitro benzene ring substituents is 1. The molecule has 6 heteroatoms. The topological polar surface area (TPSA) is 66.6 Å². The average molecular weight is 299 g/mol. The predicted molar refractivity (Wildman–Crippen MR) is 77.8 cm³/mol. The fourth-order valence-corrected chi connectivity index (χ4v) is 2.89. The van der Waals surface area contributed by atoms with Crippen LogP contribution in [0.3, 0.4) is 0 Å². The smallest absolute Gasteiger partial charge is 0.275 e. The number of benzene rings is 1. The van der Waals surface area contributed by atoms with Crippen molar-refractivity contribution in [3.63, 3.8) is 0 Å². The lowest BCUT2D eigenvalue weighted by Gasteiger charge is -2.35. The highest BCUT2D eigenvalue weighted by Gasteiger charge is 2.27. The minimum atomic E-state index is -0.392. The lowest BCUT2D eigenvalue weighted by Crippen LogP contribution is -2.42. The van der Waals surface area contributed by atoms with Gasteiger partial charge < -0.3 is 5.11 Å². The van der Waals surface area contributed by atoms with Crippen molar-refractivity contribution in [2.45, 2.75) is 32.4 Å². The Kier molecular flexibility index (Phi) is 4.96. The molecule has 0 amide bonds. The summed E-state index contributed by atoms with van der Waals surface area (Å²) >= 11 is 5.82. The van der Waals surface area contributed by atoms with Gasteiger partial charge in [-0.05, 0) is 30.9 Å². The van der Waals surface area contributed by atoms with Crippen LogP contribution in [0, 0.1) is 16.0 Å². The zero-order valence-electron chi connectivity index (χ0n) is 11.5. The van der Waals surface area contributed by atoms with Gasteiger partial charge in [-0.15, -0.1) is 0 Å². The maximum Gasteiger partial charge on any atom is 0.275 e. The fourth-order valence-electron chi connectivity index (χ4n) is 2.72. The molecule has 0 aromatic heterocycles. The van der Waals surface area contributed by atoms with Crippen LogP contribution in [0.4, 0.5) is 5.69 Å². The lowest BCUT2D eigenvalue weighted by molar-refractivity contribution is -0.385. The molecule has 1 aromatic rings. The third-order valence-electron chi connectivity index (χ3n) is 3.94. The van der Waals surface area contributed by atoms with Crippen molar-refractivity contribution < 1.29 is 10.0 Å². The van der Waals surface area contributed by atoms with Gasteiger partial charge in [-0.2, -0.15) is 0 Å². The van der Waals surface area contributed by atoms with Gasteiger partial charge in [-0.25, -0.2) is 0 Å². The number of rotatable bonds is 4. The zero-order chi connectivity index (χ0) is 14.7. The molecular formula is C14H19ClN2O3. The van der Waals surface area contributed by atoms with Crippen molar-refractivity contribution >= 4 is 17.3 Å². The van der Waals surface area contributed by atoms with E-state index < -0.39 is 4.92 Å². The summed E-state index contributed by atoms with van der Waals surface area (Å²) in [6.07, 6.45) is 1.39. The van der Waals surface area contributed by atoms with E-state index in [4.69, 9.17) is 11.6 Å². The maximum atomic E-state index is 11.1. The first-order valence-electron chi connectivity index (χ1n) is 6.84. The van der Waals surface area contributed by atoms with Crippen LogP contribution in [0.1, 0.15) is 25.3 Å². The Labute approximate surface area is 123 Å². The molecule has 2 atom stereocenters. The summed E-state index contributed by atoms with van der Waals surface area (Å²) in [4.78, 5) is 12.8. The van der Waals surface area contributed by atoms with Gasteiger partial charge in [0.2, 0.25) is 0 Å². The minimum absolute atomic E-state index is 0.0664. The summed E-state index contributed by atoms with van der Waals surface area (Å²) in [6.45, 7) is 4.12. The predicted octanol–water partition coefficient (Wildman–Crippen LogP) is 2.84. The number of hydrogen-bond acceptors (Lipinski definition) is 4. The monoisotopic (exact) mass is 298 g/mol. The van der Waals surface area contributed by atoms with E-state index in [-0.39, 0.29) is 17.7 Å². The second kappa shape index (κ2) is 6.52. The van der Waals surface area contributed by atoms with Gasteiger partial charge >= 0.3 is 0 Å². The molecule has 1 aromatic carbocycles. The highest BCUT2D eigenvalue weighted by Crippen LogP contribution is 2.27. The SMILES string of the molecule is CCC1CN(Cc2ccc(Cl)cc2[N+](=O)[O-])CCC1O. The van der Waals surface area contributed by atoms with Gasteiger partial charge in [0.25, 0.3) is 5.69 Å². The molecule has 0 radical (unpaired) electrons. The van der Waals surface area contributed by atoms with E-state index in [1.54, 1.807) is 12.1 Å². The number of halogens is 1. The van der Waals surface area contributed by atoms with Crippen molar-refractivity contribution in [3.8, 4) is 0 Å². The molecule has 5 nitrogen and oxygen atoms in total. The maximum absolute atomic E-state index is 11.1. The second-order valence-electron chi connectivity index (χ2n) is 5.29. The van der Waals surface area contributed by atoms with E-state index in [9.17, 15) is 15.2 Å². The normalized spacial score (nSPS) is 23.8. The number of nitrogens with zero attached hydrogens (tertiary/aromatic N) is 2. The molecule has 0 saturated carbocycles. The molecule has 0 bridgehead atoms. The van der Waals surface area contributed by atoms with Gasteiger partial charge in [0.1, 0.15) is 0 Å². The Hall–Kier alpha value is -1.17. The Morgan fingerprint density at radius 2 is 2.30 bits per heavy atom. The summed E-state index contributed by atoms with van der Waals surface area (Å²) in [6, 6.07) is 4.79. The number of nitro groups is 1. The van der Waals surface area contributed by atoms with Crippen molar-refractivity contribution in [1.82, 2.24) is 4.90 Å². The fraction of sp³-hybridized carbons (Fsp3) is 0.571. The number of aliphatic hydroxyl groups excluding tert-OH is 1. The summed E-state index contributed by atoms with van der Waals surface area (Å²) in [7, 11) is 0. The number of piperidine rings is 1. The highest BCUT2D eigenvalue weighted by molar-refractivity contribution is 6.30. The van der Waals surface area contributed by atoms with Crippen molar-refractivity contribution in [3.05, 3.63) is 38.9 Å². The molecule has 1 fully saturated rings. The van der Waals surface area contributed by atoms with E-state index in [0.29, 0.717) is 17.1 Å². The van der Waals surface area contributed by atoms with Gasteiger partial charge in [-0.3, -0.25) is 15.0 Å². The number of likely N-dealkylation sites (tertiary alicyclic amines) is 1. The van der Waals surface area contributed by atoms with E-state index in [1.807, 2.05) is 0 Å². The Balaban J connectivity index is 2.12. The van der Waals surface area contributed by atoms with E-state index in [1.165, 1.54) is 6.07 Å². The summed E-state index contributed by atoms with van der Waals surface area (Å²) < 4.78 is 0.